The van der Waals surface area contributed by atoms with Gasteiger partial charge in [-0.1, -0.05) is 24.3 Å². The van der Waals surface area contributed by atoms with Crippen LogP contribution in [-0.4, -0.2) is 29.0 Å². The Morgan fingerprint density at radius 2 is 1.85 bits per heavy atom. The molecule has 0 aliphatic carbocycles. The van der Waals surface area contributed by atoms with Crippen LogP contribution in [0.5, 0.6) is 0 Å². The highest BCUT2D eigenvalue weighted by atomic mass is 16.1. The second kappa shape index (κ2) is 8.18. The monoisotopic (exact) mass is 360 g/mol. The molecule has 1 aromatic heterocycles. The number of hydrogen-bond donors (Lipinski definition) is 3. The summed E-state index contributed by atoms with van der Waals surface area (Å²) < 4.78 is 0. The minimum absolute atomic E-state index is 0.00603. The number of nitrogens with one attached hydrogen (secondary N) is 3. The lowest BCUT2D eigenvalue weighted by Gasteiger charge is -2.09. The summed E-state index contributed by atoms with van der Waals surface area (Å²) in [5.41, 5.74) is 4.17. The van der Waals surface area contributed by atoms with E-state index in [1.54, 1.807) is 12.4 Å². The Bertz CT molecular complexity index is 864. The van der Waals surface area contributed by atoms with Gasteiger partial charge in [0.1, 0.15) is 5.82 Å². The highest BCUT2D eigenvalue weighted by molar-refractivity contribution is 5.92. The average molecular weight is 360 g/mol. The summed E-state index contributed by atoms with van der Waals surface area (Å²) in [6, 6.07) is 16.1. The minimum Gasteiger partial charge on any atom is -0.345 e. The number of imidazole rings is 1. The molecule has 4 rings (SSSR count). The van der Waals surface area contributed by atoms with Gasteiger partial charge >= 0.3 is 0 Å². The zero-order chi connectivity index (χ0) is 18.5. The van der Waals surface area contributed by atoms with E-state index in [1.807, 2.05) is 24.3 Å². The van der Waals surface area contributed by atoms with Crippen molar-refractivity contribution in [2.24, 2.45) is 5.92 Å². The van der Waals surface area contributed by atoms with Crippen molar-refractivity contribution in [1.29, 1.82) is 0 Å². The van der Waals surface area contributed by atoms with Crippen LogP contribution in [0.25, 0.3) is 11.4 Å². The molecule has 0 radical (unpaired) electrons. The second-order valence-corrected chi connectivity index (χ2v) is 7.12. The molecular formula is C22H24N4O. The fourth-order valence-corrected chi connectivity index (χ4v) is 3.54. The molecule has 1 aliphatic rings. The molecule has 2 aromatic carbocycles. The number of amides is 1. The maximum atomic E-state index is 12.3. The van der Waals surface area contributed by atoms with Gasteiger partial charge in [-0.2, -0.15) is 0 Å². The lowest BCUT2D eigenvalue weighted by molar-refractivity contribution is -0.115. The lowest BCUT2D eigenvalue weighted by Crippen LogP contribution is -2.14. The number of carbonyl (C=O) groups is 1. The van der Waals surface area contributed by atoms with Crippen LogP contribution in [0.2, 0.25) is 0 Å². The third kappa shape index (κ3) is 4.63. The van der Waals surface area contributed by atoms with Crippen molar-refractivity contribution in [3.63, 3.8) is 0 Å². The van der Waals surface area contributed by atoms with Crippen LogP contribution in [0.15, 0.2) is 60.9 Å². The largest absolute Gasteiger partial charge is 0.345 e. The summed E-state index contributed by atoms with van der Waals surface area (Å²) >= 11 is 0. The molecule has 1 fully saturated rings. The fraction of sp³-hybridized carbons (Fsp3) is 0.273. The van der Waals surface area contributed by atoms with E-state index in [-0.39, 0.29) is 5.91 Å². The van der Waals surface area contributed by atoms with Gasteiger partial charge in [-0.25, -0.2) is 4.98 Å². The molecule has 3 aromatic rings. The number of H-pyrrole nitrogens is 1. The van der Waals surface area contributed by atoms with Gasteiger partial charge in [0.25, 0.3) is 0 Å². The number of hydrogen-bond acceptors (Lipinski definition) is 3. The molecule has 1 amide bonds. The average Bonchev–Trinajstić information content (AvgIpc) is 3.38. The number of aromatic nitrogens is 2. The Kier molecular flexibility index (Phi) is 5.30. The van der Waals surface area contributed by atoms with Gasteiger partial charge in [0, 0.05) is 23.6 Å². The number of anilines is 1. The van der Waals surface area contributed by atoms with Crippen molar-refractivity contribution >= 4 is 11.6 Å². The van der Waals surface area contributed by atoms with Gasteiger partial charge in [0.15, 0.2) is 0 Å². The Hall–Kier alpha value is -2.92. The van der Waals surface area contributed by atoms with Crippen molar-refractivity contribution in [2.75, 3.05) is 18.4 Å². The molecule has 1 atom stereocenters. The molecule has 1 unspecified atom stereocenters. The molecular weight excluding hydrogens is 336 g/mol. The van der Waals surface area contributed by atoms with Gasteiger partial charge in [0.05, 0.1) is 6.42 Å². The molecule has 0 spiro atoms. The minimum atomic E-state index is -0.00603. The van der Waals surface area contributed by atoms with Gasteiger partial charge in [0.2, 0.25) is 5.91 Å². The Morgan fingerprint density at radius 3 is 2.52 bits per heavy atom. The number of rotatable bonds is 6. The Balaban J connectivity index is 1.31. The zero-order valence-corrected chi connectivity index (χ0v) is 15.2. The van der Waals surface area contributed by atoms with Crippen LogP contribution in [-0.2, 0) is 17.6 Å². The first-order valence-corrected chi connectivity index (χ1v) is 9.44. The molecule has 3 N–H and O–H groups in total. The van der Waals surface area contributed by atoms with Crippen LogP contribution in [0.4, 0.5) is 5.69 Å². The molecule has 138 valence electrons. The lowest BCUT2D eigenvalue weighted by atomic mass is 9.97. The predicted octanol–water partition coefficient (Wildman–Crippen LogP) is 3.41. The van der Waals surface area contributed by atoms with Gasteiger partial charge < -0.3 is 15.6 Å². The molecule has 0 saturated carbocycles. The quantitative estimate of drug-likeness (QED) is 0.631. The van der Waals surface area contributed by atoms with Crippen LogP contribution in [0, 0.1) is 5.92 Å². The van der Waals surface area contributed by atoms with E-state index in [0.29, 0.717) is 6.42 Å². The van der Waals surface area contributed by atoms with Crippen molar-refractivity contribution in [3.8, 4) is 11.4 Å². The number of nitrogens with zero attached hydrogens (tertiary/aromatic N) is 1. The number of aromatic amines is 1. The van der Waals surface area contributed by atoms with Crippen LogP contribution < -0.4 is 10.6 Å². The molecule has 27 heavy (non-hydrogen) atoms. The van der Waals surface area contributed by atoms with Crippen molar-refractivity contribution in [3.05, 3.63) is 72.1 Å². The fourth-order valence-electron chi connectivity index (χ4n) is 3.54. The van der Waals surface area contributed by atoms with Crippen molar-refractivity contribution in [2.45, 2.75) is 19.3 Å². The Morgan fingerprint density at radius 1 is 1.07 bits per heavy atom. The van der Waals surface area contributed by atoms with Gasteiger partial charge in [-0.05, 0) is 67.2 Å². The van der Waals surface area contributed by atoms with E-state index in [0.717, 1.165) is 48.1 Å². The number of benzene rings is 2. The highest BCUT2D eigenvalue weighted by Crippen LogP contribution is 2.18. The number of carbonyl (C=O) groups excluding carboxylic acids is 1. The predicted molar refractivity (Wildman–Crippen MR) is 107 cm³/mol. The van der Waals surface area contributed by atoms with Crippen molar-refractivity contribution in [1.82, 2.24) is 15.3 Å². The standard InChI is InChI=1S/C22H24N4O/c27-21(26-20-7-5-19(6-8-20)22-24-11-12-25-22)14-17-3-1-16(2-4-17)13-18-9-10-23-15-18/h1-8,11-12,18,23H,9-10,13-15H2,(H,24,25)(H,26,27). The van der Waals surface area contributed by atoms with E-state index in [2.05, 4.69) is 44.9 Å². The topological polar surface area (TPSA) is 69.8 Å². The SMILES string of the molecule is O=C(Cc1ccc(CC2CCNC2)cc1)Nc1ccc(-c2ncc[nH]2)cc1. The first kappa shape index (κ1) is 17.5. The molecule has 1 saturated heterocycles. The maximum Gasteiger partial charge on any atom is 0.228 e. The zero-order valence-electron chi connectivity index (χ0n) is 15.2. The van der Waals surface area contributed by atoms with E-state index < -0.39 is 0 Å². The summed E-state index contributed by atoms with van der Waals surface area (Å²) in [6.45, 7) is 2.24. The smallest absolute Gasteiger partial charge is 0.228 e. The van der Waals surface area contributed by atoms with E-state index in [4.69, 9.17) is 0 Å². The normalized spacial score (nSPS) is 16.4. The second-order valence-electron chi connectivity index (χ2n) is 7.12. The summed E-state index contributed by atoms with van der Waals surface area (Å²) in [5.74, 6) is 1.55. The molecule has 5 nitrogen and oxygen atoms in total. The van der Waals surface area contributed by atoms with Crippen LogP contribution in [0.1, 0.15) is 17.5 Å². The summed E-state index contributed by atoms with van der Waals surface area (Å²) in [7, 11) is 0. The van der Waals surface area contributed by atoms with Gasteiger partial charge in [-0.3, -0.25) is 4.79 Å². The highest BCUT2D eigenvalue weighted by Gasteiger charge is 2.14. The first-order chi connectivity index (χ1) is 13.3. The summed E-state index contributed by atoms with van der Waals surface area (Å²) in [6.07, 6.45) is 6.26. The van der Waals surface area contributed by atoms with Crippen LogP contribution >= 0.6 is 0 Å². The summed E-state index contributed by atoms with van der Waals surface area (Å²) in [5, 5.41) is 6.36. The van der Waals surface area contributed by atoms with Crippen LogP contribution in [0.3, 0.4) is 0 Å². The third-order valence-corrected chi connectivity index (χ3v) is 5.01. The molecule has 0 bridgehead atoms. The van der Waals surface area contributed by atoms with Crippen molar-refractivity contribution < 1.29 is 4.79 Å². The van der Waals surface area contributed by atoms with E-state index in [1.165, 1.54) is 12.0 Å². The first-order valence-electron chi connectivity index (χ1n) is 9.44. The maximum absolute atomic E-state index is 12.3. The summed E-state index contributed by atoms with van der Waals surface area (Å²) in [4.78, 5) is 19.6. The third-order valence-electron chi connectivity index (χ3n) is 5.01. The molecule has 1 aliphatic heterocycles. The Labute approximate surface area is 159 Å². The molecule has 2 heterocycles. The van der Waals surface area contributed by atoms with E-state index in [9.17, 15) is 4.79 Å². The molecule has 5 heteroatoms. The van der Waals surface area contributed by atoms with Gasteiger partial charge in [-0.15, -0.1) is 0 Å². The van der Waals surface area contributed by atoms with E-state index >= 15 is 0 Å².